The zero-order valence-electron chi connectivity index (χ0n) is 15.4. The van der Waals surface area contributed by atoms with E-state index < -0.39 is 10.0 Å². The Labute approximate surface area is 171 Å². The van der Waals surface area contributed by atoms with Gasteiger partial charge >= 0.3 is 0 Å². The summed E-state index contributed by atoms with van der Waals surface area (Å²) in [5.41, 5.74) is 3.49. The number of rotatable bonds is 4. The highest BCUT2D eigenvalue weighted by Crippen LogP contribution is 2.26. The van der Waals surface area contributed by atoms with E-state index in [1.807, 2.05) is 59.4 Å². The summed E-state index contributed by atoms with van der Waals surface area (Å²) in [6.45, 7) is 1.84. The number of pyridine rings is 1. The first-order valence-electron chi connectivity index (χ1n) is 8.91. The summed E-state index contributed by atoms with van der Waals surface area (Å²) < 4.78 is 30.6. The summed E-state index contributed by atoms with van der Waals surface area (Å²) in [6, 6.07) is 16.1. The lowest BCUT2D eigenvalue weighted by molar-refractivity contribution is 0.602. The van der Waals surface area contributed by atoms with Gasteiger partial charge in [0.2, 0.25) is 0 Å². The minimum absolute atomic E-state index is 0.164. The molecule has 0 saturated carbocycles. The average molecular weight is 421 g/mol. The van der Waals surface area contributed by atoms with Gasteiger partial charge in [-0.15, -0.1) is 11.3 Å². The van der Waals surface area contributed by atoms with Crippen molar-refractivity contribution in [3.63, 3.8) is 0 Å². The molecule has 0 atom stereocenters. The predicted molar refractivity (Wildman–Crippen MR) is 116 cm³/mol. The van der Waals surface area contributed by atoms with E-state index >= 15 is 0 Å². The molecular weight excluding hydrogens is 404 g/mol. The first-order valence-corrected chi connectivity index (χ1v) is 11.3. The Morgan fingerprint density at radius 2 is 1.83 bits per heavy atom. The zero-order valence-corrected chi connectivity index (χ0v) is 17.0. The molecule has 2 aromatic carbocycles. The van der Waals surface area contributed by atoms with E-state index in [9.17, 15) is 8.42 Å². The third-order valence-corrected chi connectivity index (χ3v) is 6.82. The lowest BCUT2D eigenvalue weighted by Gasteiger charge is -2.11. The Hall–Kier alpha value is -3.23. The van der Waals surface area contributed by atoms with Gasteiger partial charge < -0.3 is 0 Å². The molecule has 5 rings (SSSR count). The molecule has 0 fully saturated rings. The number of hydrogen-bond acceptors (Lipinski definition) is 5. The number of fused-ring (bicyclic) bond motifs is 2. The van der Waals surface area contributed by atoms with Crippen molar-refractivity contribution in [2.24, 2.45) is 0 Å². The molecule has 0 aliphatic heterocycles. The number of thiazole rings is 1. The molecule has 0 amide bonds. The normalized spacial score (nSPS) is 11.9. The lowest BCUT2D eigenvalue weighted by Crippen LogP contribution is -2.13. The Kier molecular flexibility index (Phi) is 4.11. The molecule has 3 heterocycles. The number of nitrogens with one attached hydrogen (secondary N) is 1. The predicted octanol–water partition coefficient (Wildman–Crippen LogP) is 4.72. The Morgan fingerprint density at radius 3 is 2.62 bits per heavy atom. The number of imidazole rings is 1. The Balaban J connectivity index is 1.46. The number of anilines is 1. The molecule has 0 saturated heterocycles. The molecule has 3 aromatic heterocycles. The van der Waals surface area contributed by atoms with Gasteiger partial charge in [-0.05, 0) is 31.2 Å². The monoisotopic (exact) mass is 420 g/mol. The van der Waals surface area contributed by atoms with Gasteiger partial charge in [-0.3, -0.25) is 14.1 Å². The quantitative estimate of drug-likeness (QED) is 0.456. The highest BCUT2D eigenvalue weighted by Gasteiger charge is 2.18. The van der Waals surface area contributed by atoms with Crippen molar-refractivity contribution in [1.82, 2.24) is 14.4 Å². The van der Waals surface area contributed by atoms with Gasteiger partial charge in [0, 0.05) is 40.1 Å². The Bertz CT molecular complexity index is 1420. The van der Waals surface area contributed by atoms with Crippen LogP contribution in [0.3, 0.4) is 0 Å². The molecule has 0 spiro atoms. The number of hydrogen-bond donors (Lipinski definition) is 1. The molecule has 0 bridgehead atoms. The maximum Gasteiger partial charge on any atom is 0.264 e. The first-order chi connectivity index (χ1) is 14.0. The van der Waals surface area contributed by atoms with Crippen LogP contribution in [0.1, 0.15) is 5.69 Å². The fourth-order valence-electron chi connectivity index (χ4n) is 3.22. The molecule has 1 N–H and O–H groups in total. The van der Waals surface area contributed by atoms with E-state index in [0.717, 1.165) is 27.3 Å². The minimum atomic E-state index is -3.78. The van der Waals surface area contributed by atoms with E-state index in [-0.39, 0.29) is 4.90 Å². The second-order valence-electron chi connectivity index (χ2n) is 6.68. The van der Waals surface area contributed by atoms with Crippen LogP contribution in [-0.2, 0) is 10.0 Å². The van der Waals surface area contributed by atoms with Gasteiger partial charge in [0.15, 0.2) is 4.96 Å². The van der Waals surface area contributed by atoms with Crippen LogP contribution in [0.2, 0.25) is 0 Å². The maximum atomic E-state index is 13.0. The molecule has 0 aliphatic carbocycles. The summed E-state index contributed by atoms with van der Waals surface area (Å²) in [4.78, 5) is 10.1. The van der Waals surface area contributed by atoms with Crippen LogP contribution < -0.4 is 4.72 Å². The van der Waals surface area contributed by atoms with Crippen molar-refractivity contribution in [3.05, 3.63) is 78.1 Å². The van der Waals surface area contributed by atoms with Crippen LogP contribution in [0.4, 0.5) is 5.69 Å². The SMILES string of the molecule is Cc1ccc2cccc(S(=O)(=O)Nc3ccc(-c4cn5ccsc5n4)cc3)c2n1. The van der Waals surface area contributed by atoms with Crippen molar-refractivity contribution in [1.29, 1.82) is 0 Å². The molecule has 5 aromatic rings. The number of nitrogens with zero attached hydrogens (tertiary/aromatic N) is 3. The van der Waals surface area contributed by atoms with E-state index in [4.69, 9.17) is 0 Å². The fourth-order valence-corrected chi connectivity index (χ4v) is 5.15. The topological polar surface area (TPSA) is 76.4 Å². The van der Waals surface area contributed by atoms with Crippen LogP contribution in [0.25, 0.3) is 27.1 Å². The molecule has 8 heteroatoms. The fraction of sp³-hybridized carbons (Fsp3) is 0.0476. The summed E-state index contributed by atoms with van der Waals surface area (Å²) >= 11 is 1.57. The molecule has 6 nitrogen and oxygen atoms in total. The van der Waals surface area contributed by atoms with Crippen LogP contribution in [0, 0.1) is 6.92 Å². The second-order valence-corrected chi connectivity index (χ2v) is 9.21. The van der Waals surface area contributed by atoms with Crippen molar-refractivity contribution in [2.45, 2.75) is 11.8 Å². The highest BCUT2D eigenvalue weighted by molar-refractivity contribution is 7.93. The smallest absolute Gasteiger partial charge is 0.264 e. The van der Waals surface area contributed by atoms with Crippen molar-refractivity contribution >= 4 is 42.9 Å². The van der Waals surface area contributed by atoms with Gasteiger partial charge in [0.25, 0.3) is 10.0 Å². The molecular formula is C21H16N4O2S2. The van der Waals surface area contributed by atoms with Crippen molar-refractivity contribution < 1.29 is 8.42 Å². The van der Waals surface area contributed by atoms with E-state index in [0.29, 0.717) is 11.2 Å². The zero-order chi connectivity index (χ0) is 20.0. The van der Waals surface area contributed by atoms with Gasteiger partial charge in [-0.1, -0.05) is 30.3 Å². The van der Waals surface area contributed by atoms with Crippen molar-refractivity contribution in [3.8, 4) is 11.3 Å². The standard InChI is InChI=1S/C21H16N4O2S2/c1-14-5-6-16-3-2-4-19(20(16)22-14)29(26,27)24-17-9-7-15(8-10-17)18-13-25-11-12-28-21(25)23-18/h2-13,24H,1H3. The number of para-hydroxylation sites is 1. The van der Waals surface area contributed by atoms with Crippen LogP contribution in [0.15, 0.2) is 77.3 Å². The van der Waals surface area contributed by atoms with E-state index in [1.54, 1.807) is 35.6 Å². The third kappa shape index (κ3) is 3.26. The average Bonchev–Trinajstić information content (AvgIpc) is 3.30. The van der Waals surface area contributed by atoms with E-state index in [2.05, 4.69) is 14.7 Å². The molecule has 0 aliphatic rings. The first kappa shape index (κ1) is 17.8. The number of aromatic nitrogens is 3. The van der Waals surface area contributed by atoms with Gasteiger partial charge in [0.1, 0.15) is 4.90 Å². The van der Waals surface area contributed by atoms with Crippen LogP contribution >= 0.6 is 11.3 Å². The Morgan fingerprint density at radius 1 is 1.00 bits per heavy atom. The second kappa shape index (κ2) is 6.68. The summed E-state index contributed by atoms with van der Waals surface area (Å²) in [6.07, 6.45) is 3.91. The number of aryl methyl sites for hydroxylation is 1. The molecule has 144 valence electrons. The molecule has 0 unspecified atom stereocenters. The summed E-state index contributed by atoms with van der Waals surface area (Å²) in [5.74, 6) is 0. The van der Waals surface area contributed by atoms with E-state index in [1.165, 1.54) is 0 Å². The highest BCUT2D eigenvalue weighted by atomic mass is 32.2. The van der Waals surface area contributed by atoms with Gasteiger partial charge in [-0.25, -0.2) is 13.4 Å². The lowest BCUT2D eigenvalue weighted by atomic mass is 10.1. The third-order valence-electron chi connectivity index (χ3n) is 4.64. The maximum absolute atomic E-state index is 13.0. The number of benzene rings is 2. The van der Waals surface area contributed by atoms with Gasteiger partial charge in [0.05, 0.1) is 11.2 Å². The largest absolute Gasteiger partial charge is 0.297 e. The number of sulfonamides is 1. The summed E-state index contributed by atoms with van der Waals surface area (Å²) in [7, 11) is -3.78. The van der Waals surface area contributed by atoms with Crippen molar-refractivity contribution in [2.75, 3.05) is 4.72 Å². The van der Waals surface area contributed by atoms with Gasteiger partial charge in [-0.2, -0.15) is 0 Å². The molecule has 29 heavy (non-hydrogen) atoms. The van der Waals surface area contributed by atoms with Crippen LogP contribution in [-0.4, -0.2) is 22.8 Å². The van der Waals surface area contributed by atoms with Crippen LogP contribution in [0.5, 0.6) is 0 Å². The summed E-state index contributed by atoms with van der Waals surface area (Å²) in [5, 5.41) is 2.77. The molecule has 0 radical (unpaired) electrons. The minimum Gasteiger partial charge on any atom is -0.297 e.